The fourth-order valence-corrected chi connectivity index (χ4v) is 1.79. The van der Waals surface area contributed by atoms with Gasteiger partial charge in [-0.2, -0.15) is 13.2 Å². The molecule has 2 aromatic carbocycles. The Morgan fingerprint density at radius 2 is 1.76 bits per heavy atom. The molecule has 0 radical (unpaired) electrons. The summed E-state index contributed by atoms with van der Waals surface area (Å²) in [5.41, 5.74) is -0.706. The predicted octanol–water partition coefficient (Wildman–Crippen LogP) is 3.92. The zero-order valence-electron chi connectivity index (χ0n) is 10.8. The first-order valence-electron chi connectivity index (χ1n) is 6.09. The summed E-state index contributed by atoms with van der Waals surface area (Å²) in [6, 6.07) is 8.96. The molecule has 2 rings (SSSR count). The van der Waals surface area contributed by atoms with Gasteiger partial charge in [-0.25, -0.2) is 4.39 Å². The Hall–Kier alpha value is -2.08. The van der Waals surface area contributed by atoms with Crippen LogP contribution in [0.5, 0.6) is 5.75 Å². The summed E-state index contributed by atoms with van der Waals surface area (Å²) < 4.78 is 57.3. The molecule has 0 aromatic heterocycles. The van der Waals surface area contributed by atoms with E-state index in [0.29, 0.717) is 0 Å². The van der Waals surface area contributed by atoms with E-state index in [-0.39, 0.29) is 17.7 Å². The maximum Gasteiger partial charge on any atom is 0.419 e. The standard InChI is InChI=1S/C15H12F4O2/c16-13-4-2-1-3-11(13)9-21-14-6-5-10(8-20)7-12(14)15(17,18)19/h1-7,20H,8-9H2. The van der Waals surface area contributed by atoms with Crippen molar-refractivity contribution < 1.29 is 27.4 Å². The van der Waals surface area contributed by atoms with Crippen molar-refractivity contribution in [2.24, 2.45) is 0 Å². The average Bonchev–Trinajstić information content (AvgIpc) is 2.45. The molecule has 2 aromatic rings. The molecule has 112 valence electrons. The fourth-order valence-electron chi connectivity index (χ4n) is 1.79. The van der Waals surface area contributed by atoms with Gasteiger partial charge in [0.05, 0.1) is 12.2 Å². The highest BCUT2D eigenvalue weighted by Gasteiger charge is 2.34. The lowest BCUT2D eigenvalue weighted by atomic mass is 10.1. The van der Waals surface area contributed by atoms with Crippen LogP contribution >= 0.6 is 0 Å². The van der Waals surface area contributed by atoms with Gasteiger partial charge < -0.3 is 9.84 Å². The molecule has 0 saturated carbocycles. The summed E-state index contributed by atoms with van der Waals surface area (Å²) in [6.07, 6.45) is -4.62. The molecule has 0 spiro atoms. The molecule has 6 heteroatoms. The number of hydrogen-bond donors (Lipinski definition) is 1. The highest BCUT2D eigenvalue weighted by molar-refractivity contribution is 5.39. The van der Waals surface area contributed by atoms with Gasteiger partial charge in [0.1, 0.15) is 18.2 Å². The van der Waals surface area contributed by atoms with E-state index in [1.54, 1.807) is 6.07 Å². The van der Waals surface area contributed by atoms with E-state index in [1.165, 1.54) is 24.3 Å². The van der Waals surface area contributed by atoms with Crippen molar-refractivity contribution in [2.45, 2.75) is 19.4 Å². The molecule has 0 aliphatic rings. The van der Waals surface area contributed by atoms with Gasteiger partial charge in [0.2, 0.25) is 0 Å². The van der Waals surface area contributed by atoms with Gasteiger partial charge in [-0.3, -0.25) is 0 Å². The predicted molar refractivity (Wildman–Crippen MR) is 68.1 cm³/mol. The van der Waals surface area contributed by atoms with E-state index < -0.39 is 29.9 Å². The maximum absolute atomic E-state index is 13.4. The van der Waals surface area contributed by atoms with E-state index in [1.807, 2.05) is 0 Å². The zero-order chi connectivity index (χ0) is 15.5. The van der Waals surface area contributed by atoms with Crippen molar-refractivity contribution in [3.05, 3.63) is 65.0 Å². The Balaban J connectivity index is 2.26. The van der Waals surface area contributed by atoms with Gasteiger partial charge in [-0.05, 0) is 23.8 Å². The fraction of sp³-hybridized carbons (Fsp3) is 0.200. The third kappa shape index (κ3) is 3.72. The molecule has 0 unspecified atom stereocenters. The molecular weight excluding hydrogens is 288 g/mol. The Bertz CT molecular complexity index is 623. The van der Waals surface area contributed by atoms with Gasteiger partial charge in [0.15, 0.2) is 0 Å². The number of ether oxygens (including phenoxy) is 1. The van der Waals surface area contributed by atoms with Crippen molar-refractivity contribution in [3.63, 3.8) is 0 Å². The van der Waals surface area contributed by atoms with Gasteiger partial charge in [-0.1, -0.05) is 24.3 Å². The first kappa shape index (κ1) is 15.3. The Kier molecular flexibility index (Phi) is 4.47. The number of hydrogen-bond acceptors (Lipinski definition) is 2. The lowest BCUT2D eigenvalue weighted by Crippen LogP contribution is -2.10. The van der Waals surface area contributed by atoms with E-state index in [0.717, 1.165) is 12.1 Å². The second-order valence-corrected chi connectivity index (χ2v) is 4.37. The van der Waals surface area contributed by atoms with Crippen LogP contribution in [0.15, 0.2) is 42.5 Å². The highest BCUT2D eigenvalue weighted by atomic mass is 19.4. The van der Waals surface area contributed by atoms with E-state index >= 15 is 0 Å². The summed E-state index contributed by atoms with van der Waals surface area (Å²) in [5, 5.41) is 8.91. The van der Waals surface area contributed by atoms with Crippen molar-refractivity contribution in [2.75, 3.05) is 0 Å². The van der Waals surface area contributed by atoms with Gasteiger partial charge >= 0.3 is 6.18 Å². The van der Waals surface area contributed by atoms with Gasteiger partial charge in [0, 0.05) is 5.56 Å². The van der Waals surface area contributed by atoms with Crippen molar-refractivity contribution in [1.82, 2.24) is 0 Å². The minimum atomic E-state index is -4.62. The SMILES string of the molecule is OCc1ccc(OCc2ccccc2F)c(C(F)(F)F)c1. The molecule has 2 nitrogen and oxygen atoms in total. The van der Waals surface area contributed by atoms with E-state index in [2.05, 4.69) is 0 Å². The normalized spacial score (nSPS) is 11.5. The van der Waals surface area contributed by atoms with Crippen LogP contribution in [0, 0.1) is 5.82 Å². The number of aliphatic hydroxyl groups is 1. The molecule has 0 amide bonds. The second kappa shape index (κ2) is 6.13. The largest absolute Gasteiger partial charge is 0.488 e. The molecule has 1 N–H and O–H groups in total. The number of benzene rings is 2. The van der Waals surface area contributed by atoms with Crippen molar-refractivity contribution >= 4 is 0 Å². The van der Waals surface area contributed by atoms with Crippen LogP contribution in [0.2, 0.25) is 0 Å². The van der Waals surface area contributed by atoms with E-state index in [4.69, 9.17) is 9.84 Å². The van der Waals surface area contributed by atoms with Crippen LogP contribution in [0.3, 0.4) is 0 Å². The second-order valence-electron chi connectivity index (χ2n) is 4.37. The lowest BCUT2D eigenvalue weighted by molar-refractivity contribution is -0.139. The summed E-state index contributed by atoms with van der Waals surface area (Å²) in [5.74, 6) is -0.944. The molecule has 0 fully saturated rings. The monoisotopic (exact) mass is 300 g/mol. The minimum Gasteiger partial charge on any atom is -0.488 e. The van der Waals surface area contributed by atoms with Crippen LogP contribution in [0.4, 0.5) is 17.6 Å². The first-order chi connectivity index (χ1) is 9.91. The summed E-state index contributed by atoms with van der Waals surface area (Å²) in [4.78, 5) is 0. The van der Waals surface area contributed by atoms with Crippen LogP contribution in [-0.4, -0.2) is 5.11 Å². The van der Waals surface area contributed by atoms with Crippen LogP contribution in [-0.2, 0) is 19.4 Å². The zero-order valence-corrected chi connectivity index (χ0v) is 10.8. The molecule has 21 heavy (non-hydrogen) atoms. The topological polar surface area (TPSA) is 29.5 Å². The Labute approximate surface area is 118 Å². The molecule has 0 heterocycles. The van der Waals surface area contributed by atoms with E-state index in [9.17, 15) is 17.6 Å². The minimum absolute atomic E-state index is 0.126. The van der Waals surface area contributed by atoms with Crippen LogP contribution in [0.1, 0.15) is 16.7 Å². The summed E-state index contributed by atoms with van der Waals surface area (Å²) >= 11 is 0. The number of halogens is 4. The Morgan fingerprint density at radius 3 is 2.38 bits per heavy atom. The van der Waals surface area contributed by atoms with Crippen molar-refractivity contribution in [1.29, 1.82) is 0 Å². The van der Waals surface area contributed by atoms with Crippen LogP contribution < -0.4 is 4.74 Å². The maximum atomic E-state index is 13.4. The molecule has 0 aliphatic heterocycles. The number of alkyl halides is 3. The van der Waals surface area contributed by atoms with Crippen molar-refractivity contribution in [3.8, 4) is 5.75 Å². The quantitative estimate of drug-likeness (QED) is 0.867. The van der Waals surface area contributed by atoms with Gasteiger partial charge in [-0.15, -0.1) is 0 Å². The van der Waals surface area contributed by atoms with Gasteiger partial charge in [0.25, 0.3) is 0 Å². The smallest absolute Gasteiger partial charge is 0.419 e. The summed E-state index contributed by atoms with van der Waals surface area (Å²) in [6.45, 7) is -0.815. The number of aliphatic hydroxyl groups excluding tert-OH is 1. The lowest BCUT2D eigenvalue weighted by Gasteiger charge is -2.15. The molecular formula is C15H12F4O2. The average molecular weight is 300 g/mol. The third-order valence-electron chi connectivity index (χ3n) is 2.87. The summed E-state index contributed by atoms with van der Waals surface area (Å²) in [7, 11) is 0. The molecule has 0 aliphatic carbocycles. The molecule has 0 bridgehead atoms. The first-order valence-corrected chi connectivity index (χ1v) is 6.09. The molecule has 0 atom stereocenters. The van der Waals surface area contributed by atoms with Crippen LogP contribution in [0.25, 0.3) is 0 Å². The third-order valence-corrected chi connectivity index (χ3v) is 2.87. The molecule has 0 saturated heterocycles. The number of rotatable bonds is 4. The highest BCUT2D eigenvalue weighted by Crippen LogP contribution is 2.37. The Morgan fingerprint density at radius 1 is 1.05 bits per heavy atom.